The van der Waals surface area contributed by atoms with Gasteiger partial charge < -0.3 is 10.5 Å². The van der Waals surface area contributed by atoms with Gasteiger partial charge in [-0.05, 0) is 38.4 Å². The molecule has 2 rings (SSSR count). The Balaban J connectivity index is 2.34. The van der Waals surface area contributed by atoms with E-state index in [9.17, 15) is 0 Å². The first-order valence-electron chi connectivity index (χ1n) is 6.47. The van der Waals surface area contributed by atoms with Gasteiger partial charge in [0.2, 0.25) is 0 Å². The van der Waals surface area contributed by atoms with Crippen molar-refractivity contribution < 1.29 is 4.74 Å². The standard InChI is InChI=1S/C15H20N2O/c1-3-13(9-10-16)18-14-6-4-5-12-8-7-11(2)17-15(12)14/h4-8,13H,3,9-10,16H2,1-2H3. The second-order valence-electron chi connectivity index (χ2n) is 4.51. The molecule has 1 aromatic heterocycles. The van der Waals surface area contributed by atoms with Gasteiger partial charge >= 0.3 is 0 Å². The maximum atomic E-state index is 6.03. The van der Waals surface area contributed by atoms with Gasteiger partial charge in [-0.2, -0.15) is 0 Å². The lowest BCUT2D eigenvalue weighted by Gasteiger charge is -2.17. The fourth-order valence-corrected chi connectivity index (χ4v) is 2.02. The molecule has 3 heteroatoms. The average molecular weight is 244 g/mol. The van der Waals surface area contributed by atoms with E-state index in [2.05, 4.69) is 24.0 Å². The summed E-state index contributed by atoms with van der Waals surface area (Å²) in [6.07, 6.45) is 2.00. The molecule has 1 atom stereocenters. The predicted octanol–water partition coefficient (Wildman–Crippen LogP) is 3.05. The Hall–Kier alpha value is -1.61. The fraction of sp³-hybridized carbons (Fsp3) is 0.400. The van der Waals surface area contributed by atoms with Crippen LogP contribution in [0.25, 0.3) is 10.9 Å². The molecule has 96 valence electrons. The molecule has 0 aliphatic heterocycles. The third-order valence-electron chi connectivity index (χ3n) is 3.06. The van der Waals surface area contributed by atoms with Crippen LogP contribution in [0.15, 0.2) is 30.3 Å². The van der Waals surface area contributed by atoms with Gasteiger partial charge in [-0.3, -0.25) is 0 Å². The molecule has 0 spiro atoms. The topological polar surface area (TPSA) is 48.1 Å². The average Bonchev–Trinajstić information content (AvgIpc) is 2.38. The van der Waals surface area contributed by atoms with Crippen LogP contribution in [0.3, 0.4) is 0 Å². The molecule has 2 N–H and O–H groups in total. The zero-order chi connectivity index (χ0) is 13.0. The molecule has 0 aliphatic rings. The van der Waals surface area contributed by atoms with Crippen molar-refractivity contribution in [1.82, 2.24) is 4.98 Å². The van der Waals surface area contributed by atoms with E-state index in [-0.39, 0.29) is 6.10 Å². The lowest BCUT2D eigenvalue weighted by molar-refractivity contribution is 0.191. The number of ether oxygens (including phenoxy) is 1. The highest BCUT2D eigenvalue weighted by Gasteiger charge is 2.10. The van der Waals surface area contributed by atoms with Crippen molar-refractivity contribution in [3.63, 3.8) is 0 Å². The number of aromatic nitrogens is 1. The first-order valence-corrected chi connectivity index (χ1v) is 6.47. The van der Waals surface area contributed by atoms with Gasteiger partial charge in [0, 0.05) is 11.1 Å². The van der Waals surface area contributed by atoms with Crippen molar-refractivity contribution in [1.29, 1.82) is 0 Å². The van der Waals surface area contributed by atoms with Gasteiger partial charge in [0.1, 0.15) is 11.3 Å². The van der Waals surface area contributed by atoms with Crippen LogP contribution in [0.1, 0.15) is 25.5 Å². The molecule has 0 bridgehead atoms. The number of fused-ring (bicyclic) bond motifs is 1. The van der Waals surface area contributed by atoms with Gasteiger partial charge in [0.25, 0.3) is 0 Å². The number of hydrogen-bond acceptors (Lipinski definition) is 3. The first kappa shape index (κ1) is 12.8. The van der Waals surface area contributed by atoms with E-state index in [0.717, 1.165) is 35.2 Å². The molecule has 0 saturated heterocycles. The van der Waals surface area contributed by atoms with E-state index in [0.29, 0.717) is 6.54 Å². The second-order valence-corrected chi connectivity index (χ2v) is 4.51. The lowest BCUT2D eigenvalue weighted by atomic mass is 10.1. The monoisotopic (exact) mass is 244 g/mol. The van der Waals surface area contributed by atoms with Gasteiger partial charge in [0.15, 0.2) is 0 Å². The Morgan fingerprint density at radius 1 is 1.28 bits per heavy atom. The molecule has 3 nitrogen and oxygen atoms in total. The number of nitrogens with two attached hydrogens (primary N) is 1. The molecular weight excluding hydrogens is 224 g/mol. The molecule has 0 fully saturated rings. The minimum Gasteiger partial charge on any atom is -0.488 e. The zero-order valence-electron chi connectivity index (χ0n) is 11.0. The van der Waals surface area contributed by atoms with E-state index in [1.807, 2.05) is 25.1 Å². The fourth-order valence-electron chi connectivity index (χ4n) is 2.02. The van der Waals surface area contributed by atoms with Gasteiger partial charge in [-0.15, -0.1) is 0 Å². The summed E-state index contributed by atoms with van der Waals surface area (Å²) in [6.45, 7) is 4.76. The summed E-state index contributed by atoms with van der Waals surface area (Å²) in [5.74, 6) is 0.858. The Morgan fingerprint density at radius 2 is 2.11 bits per heavy atom. The molecule has 1 aromatic carbocycles. The zero-order valence-corrected chi connectivity index (χ0v) is 11.0. The molecule has 0 amide bonds. The van der Waals surface area contributed by atoms with Gasteiger partial charge in [-0.1, -0.05) is 25.1 Å². The highest BCUT2D eigenvalue weighted by atomic mass is 16.5. The molecule has 0 radical (unpaired) electrons. The number of hydrogen-bond donors (Lipinski definition) is 1. The highest BCUT2D eigenvalue weighted by Crippen LogP contribution is 2.25. The predicted molar refractivity (Wildman–Crippen MR) is 74.9 cm³/mol. The van der Waals surface area contributed by atoms with E-state index < -0.39 is 0 Å². The van der Waals surface area contributed by atoms with E-state index in [4.69, 9.17) is 10.5 Å². The van der Waals surface area contributed by atoms with Crippen LogP contribution in [0, 0.1) is 6.92 Å². The summed E-state index contributed by atoms with van der Waals surface area (Å²) in [6, 6.07) is 10.1. The molecule has 2 aromatic rings. The molecule has 0 aliphatic carbocycles. The number of para-hydroxylation sites is 1. The minimum atomic E-state index is 0.169. The quantitative estimate of drug-likeness (QED) is 0.879. The maximum absolute atomic E-state index is 6.03. The van der Waals surface area contributed by atoms with Crippen molar-refractivity contribution >= 4 is 10.9 Å². The van der Waals surface area contributed by atoms with Gasteiger partial charge in [0.05, 0.1) is 6.10 Å². The van der Waals surface area contributed by atoms with Crippen LogP contribution >= 0.6 is 0 Å². The van der Waals surface area contributed by atoms with Crippen LogP contribution in [-0.4, -0.2) is 17.6 Å². The second kappa shape index (κ2) is 5.83. The van der Waals surface area contributed by atoms with E-state index >= 15 is 0 Å². The Kier molecular flexibility index (Phi) is 4.15. The summed E-state index contributed by atoms with van der Waals surface area (Å²) in [5, 5.41) is 1.11. The van der Waals surface area contributed by atoms with Crippen molar-refractivity contribution in [2.75, 3.05) is 6.54 Å². The molecule has 18 heavy (non-hydrogen) atoms. The van der Waals surface area contributed by atoms with Crippen molar-refractivity contribution in [3.8, 4) is 5.75 Å². The summed E-state index contributed by atoms with van der Waals surface area (Å²) in [5.41, 5.74) is 7.54. The minimum absolute atomic E-state index is 0.169. The summed E-state index contributed by atoms with van der Waals surface area (Å²) in [4.78, 5) is 4.57. The maximum Gasteiger partial charge on any atom is 0.145 e. The Labute approximate surface area is 108 Å². The van der Waals surface area contributed by atoms with Crippen molar-refractivity contribution in [2.45, 2.75) is 32.8 Å². The Bertz CT molecular complexity index is 525. The number of aryl methyl sites for hydroxylation is 1. The van der Waals surface area contributed by atoms with Crippen LogP contribution in [-0.2, 0) is 0 Å². The highest BCUT2D eigenvalue weighted by molar-refractivity contribution is 5.84. The number of rotatable bonds is 5. The lowest BCUT2D eigenvalue weighted by Crippen LogP contribution is -2.20. The summed E-state index contributed by atoms with van der Waals surface area (Å²) < 4.78 is 6.03. The SMILES string of the molecule is CCC(CCN)Oc1cccc2ccc(C)nc12. The van der Waals surface area contributed by atoms with E-state index in [1.165, 1.54) is 0 Å². The number of benzene rings is 1. The van der Waals surface area contributed by atoms with Crippen molar-refractivity contribution in [3.05, 3.63) is 36.0 Å². The first-order chi connectivity index (χ1) is 8.74. The summed E-state index contributed by atoms with van der Waals surface area (Å²) >= 11 is 0. The molecule has 1 heterocycles. The van der Waals surface area contributed by atoms with Crippen LogP contribution in [0.2, 0.25) is 0 Å². The third kappa shape index (κ3) is 2.79. The molecule has 0 saturated carbocycles. The summed E-state index contributed by atoms with van der Waals surface area (Å²) in [7, 11) is 0. The number of pyridine rings is 1. The third-order valence-corrected chi connectivity index (χ3v) is 3.06. The van der Waals surface area contributed by atoms with Gasteiger partial charge in [-0.25, -0.2) is 4.98 Å². The largest absolute Gasteiger partial charge is 0.488 e. The Morgan fingerprint density at radius 3 is 2.83 bits per heavy atom. The van der Waals surface area contributed by atoms with Crippen LogP contribution < -0.4 is 10.5 Å². The van der Waals surface area contributed by atoms with Crippen molar-refractivity contribution in [2.24, 2.45) is 5.73 Å². The normalized spacial score (nSPS) is 12.6. The smallest absolute Gasteiger partial charge is 0.145 e. The van der Waals surface area contributed by atoms with Crippen LogP contribution in [0.5, 0.6) is 5.75 Å². The van der Waals surface area contributed by atoms with E-state index in [1.54, 1.807) is 0 Å². The molecule has 1 unspecified atom stereocenters. The number of nitrogens with zero attached hydrogens (tertiary/aromatic N) is 1. The van der Waals surface area contributed by atoms with Crippen LogP contribution in [0.4, 0.5) is 0 Å². The molecular formula is C15H20N2O.